The monoisotopic (exact) mass is 577 g/mol. The van der Waals surface area contributed by atoms with E-state index in [4.69, 9.17) is 4.74 Å². The second kappa shape index (κ2) is 13.7. The van der Waals surface area contributed by atoms with E-state index in [-0.39, 0.29) is 29.1 Å². The Hall–Kier alpha value is -3.85. The number of para-hydroxylation sites is 2. The molecule has 0 spiro atoms. The quantitative estimate of drug-likeness (QED) is 0.325. The van der Waals surface area contributed by atoms with Gasteiger partial charge in [-0.1, -0.05) is 79.9 Å². The summed E-state index contributed by atoms with van der Waals surface area (Å²) >= 11 is 0. The normalized spacial score (nSPS) is 14.3. The highest BCUT2D eigenvalue weighted by atomic mass is 32.2. The summed E-state index contributed by atoms with van der Waals surface area (Å²) in [7, 11) is -2.70. The van der Waals surface area contributed by atoms with E-state index in [0.29, 0.717) is 12.2 Å². The zero-order chi connectivity index (χ0) is 29.4. The van der Waals surface area contributed by atoms with E-state index < -0.39 is 28.5 Å². The molecular weight excluding hydrogens is 538 g/mol. The van der Waals surface area contributed by atoms with Crippen LogP contribution >= 0.6 is 0 Å². The number of aryl methyl sites for hydroxylation is 1. The molecule has 2 amide bonds. The van der Waals surface area contributed by atoms with Crippen molar-refractivity contribution < 1.29 is 22.7 Å². The largest absolute Gasteiger partial charge is 0.495 e. The Labute approximate surface area is 243 Å². The molecule has 9 heteroatoms. The molecule has 1 N–H and O–H groups in total. The minimum atomic E-state index is -4.16. The number of carbonyl (C=O) groups is 2. The summed E-state index contributed by atoms with van der Waals surface area (Å²) < 4.78 is 34.5. The van der Waals surface area contributed by atoms with E-state index >= 15 is 0 Å². The van der Waals surface area contributed by atoms with Gasteiger partial charge in [0.25, 0.3) is 10.0 Å². The van der Waals surface area contributed by atoms with Crippen LogP contribution in [0.4, 0.5) is 5.69 Å². The Morgan fingerprint density at radius 3 is 2.22 bits per heavy atom. The number of hydrogen-bond acceptors (Lipinski definition) is 5. The number of ether oxygens (including phenoxy) is 1. The molecule has 3 aromatic carbocycles. The number of benzene rings is 3. The number of rotatable bonds is 12. The minimum absolute atomic E-state index is 0.0507. The van der Waals surface area contributed by atoms with Gasteiger partial charge in [0.05, 0.1) is 17.7 Å². The average Bonchev–Trinajstić information content (AvgIpc) is 3.50. The van der Waals surface area contributed by atoms with Gasteiger partial charge in [0.2, 0.25) is 11.8 Å². The van der Waals surface area contributed by atoms with E-state index in [1.54, 1.807) is 42.5 Å². The molecule has 4 rings (SSSR count). The van der Waals surface area contributed by atoms with Crippen LogP contribution in [0.15, 0.2) is 83.8 Å². The number of anilines is 1. The maximum atomic E-state index is 14.2. The van der Waals surface area contributed by atoms with Gasteiger partial charge in [0.1, 0.15) is 18.3 Å². The summed E-state index contributed by atoms with van der Waals surface area (Å²) in [6, 6.07) is 21.8. The predicted octanol–water partition coefficient (Wildman–Crippen LogP) is 5.07. The van der Waals surface area contributed by atoms with Crippen molar-refractivity contribution >= 4 is 27.5 Å². The zero-order valence-electron chi connectivity index (χ0n) is 24.0. The van der Waals surface area contributed by atoms with Gasteiger partial charge in [0, 0.05) is 12.6 Å². The van der Waals surface area contributed by atoms with Crippen LogP contribution in [0.1, 0.15) is 50.2 Å². The summed E-state index contributed by atoms with van der Waals surface area (Å²) in [4.78, 5) is 29.3. The number of nitrogens with zero attached hydrogens (tertiary/aromatic N) is 2. The zero-order valence-corrected chi connectivity index (χ0v) is 24.8. The van der Waals surface area contributed by atoms with Crippen LogP contribution in [0.25, 0.3) is 0 Å². The molecule has 1 atom stereocenters. The van der Waals surface area contributed by atoms with Crippen LogP contribution < -0.4 is 14.4 Å². The molecule has 1 aliphatic carbocycles. The molecule has 0 aromatic heterocycles. The van der Waals surface area contributed by atoms with E-state index in [9.17, 15) is 18.0 Å². The number of amides is 2. The first-order valence-electron chi connectivity index (χ1n) is 14.1. The van der Waals surface area contributed by atoms with E-state index in [0.717, 1.165) is 41.1 Å². The average molecular weight is 578 g/mol. The molecule has 1 aliphatic rings. The molecule has 0 bridgehead atoms. The number of hydrogen-bond donors (Lipinski definition) is 1. The molecule has 0 aliphatic heterocycles. The highest BCUT2D eigenvalue weighted by Gasteiger charge is 2.35. The van der Waals surface area contributed by atoms with Crippen molar-refractivity contribution in [2.45, 2.75) is 69.5 Å². The Bertz CT molecular complexity index is 1420. The fraction of sp³-hybridized carbons (Fsp3) is 0.375. The SMILES string of the molecule is CCC(C(=O)NC1CCCC1)N(Cc1ccc(C)cc1)C(=O)CN(c1ccccc1OC)S(=O)(=O)c1ccccc1. The van der Waals surface area contributed by atoms with Crippen molar-refractivity contribution in [3.05, 3.63) is 90.0 Å². The van der Waals surface area contributed by atoms with Crippen LogP contribution in [-0.4, -0.2) is 50.9 Å². The first-order chi connectivity index (χ1) is 19.7. The third-order valence-corrected chi connectivity index (χ3v) is 9.30. The minimum Gasteiger partial charge on any atom is -0.495 e. The van der Waals surface area contributed by atoms with Gasteiger partial charge >= 0.3 is 0 Å². The topological polar surface area (TPSA) is 96.0 Å². The lowest BCUT2D eigenvalue weighted by Gasteiger charge is -2.34. The molecule has 1 fully saturated rings. The van der Waals surface area contributed by atoms with Crippen molar-refractivity contribution in [2.24, 2.45) is 0 Å². The second-order valence-electron chi connectivity index (χ2n) is 10.4. The van der Waals surface area contributed by atoms with Crippen LogP contribution in [0.5, 0.6) is 5.75 Å². The Kier molecular flexibility index (Phi) is 10.0. The summed E-state index contributed by atoms with van der Waals surface area (Å²) in [5.74, 6) is -0.380. The van der Waals surface area contributed by atoms with Crippen molar-refractivity contribution in [3.63, 3.8) is 0 Å². The number of carbonyl (C=O) groups excluding carboxylic acids is 2. The molecule has 1 unspecified atom stereocenters. The van der Waals surface area contributed by atoms with Gasteiger partial charge in [-0.25, -0.2) is 8.42 Å². The van der Waals surface area contributed by atoms with Crippen molar-refractivity contribution in [1.82, 2.24) is 10.2 Å². The molecule has 41 heavy (non-hydrogen) atoms. The molecule has 1 saturated carbocycles. The summed E-state index contributed by atoms with van der Waals surface area (Å²) in [5.41, 5.74) is 2.17. The number of methoxy groups -OCH3 is 1. The van der Waals surface area contributed by atoms with Gasteiger partial charge in [-0.05, 0) is 56.0 Å². The Morgan fingerprint density at radius 2 is 1.59 bits per heavy atom. The van der Waals surface area contributed by atoms with E-state index in [2.05, 4.69) is 5.32 Å². The highest BCUT2D eigenvalue weighted by Crippen LogP contribution is 2.32. The summed E-state index contributed by atoms with van der Waals surface area (Å²) in [6.45, 7) is 3.51. The lowest BCUT2D eigenvalue weighted by Crippen LogP contribution is -2.53. The smallest absolute Gasteiger partial charge is 0.264 e. The van der Waals surface area contributed by atoms with Gasteiger partial charge < -0.3 is 15.0 Å². The van der Waals surface area contributed by atoms with Crippen molar-refractivity contribution in [3.8, 4) is 5.75 Å². The van der Waals surface area contributed by atoms with Crippen LogP contribution in [0, 0.1) is 6.92 Å². The third-order valence-electron chi connectivity index (χ3n) is 7.52. The molecule has 0 heterocycles. The Morgan fingerprint density at radius 1 is 0.951 bits per heavy atom. The number of sulfonamides is 1. The van der Waals surface area contributed by atoms with Gasteiger partial charge in [0.15, 0.2) is 0 Å². The Balaban J connectivity index is 1.73. The maximum Gasteiger partial charge on any atom is 0.264 e. The van der Waals surface area contributed by atoms with Crippen LogP contribution in [0.2, 0.25) is 0 Å². The van der Waals surface area contributed by atoms with Crippen LogP contribution in [0.3, 0.4) is 0 Å². The van der Waals surface area contributed by atoms with Crippen molar-refractivity contribution in [1.29, 1.82) is 0 Å². The van der Waals surface area contributed by atoms with Crippen LogP contribution in [-0.2, 0) is 26.2 Å². The fourth-order valence-electron chi connectivity index (χ4n) is 5.25. The summed E-state index contributed by atoms with van der Waals surface area (Å²) in [6.07, 6.45) is 4.37. The third kappa shape index (κ3) is 7.27. The van der Waals surface area contributed by atoms with Gasteiger partial charge in [-0.3, -0.25) is 13.9 Å². The lowest BCUT2D eigenvalue weighted by molar-refractivity contribution is -0.140. The fourth-order valence-corrected chi connectivity index (χ4v) is 6.69. The maximum absolute atomic E-state index is 14.2. The second-order valence-corrected chi connectivity index (χ2v) is 12.3. The van der Waals surface area contributed by atoms with Gasteiger partial charge in [-0.2, -0.15) is 0 Å². The molecule has 0 saturated heterocycles. The summed E-state index contributed by atoms with van der Waals surface area (Å²) in [5, 5.41) is 3.13. The first-order valence-corrected chi connectivity index (χ1v) is 15.5. The standard InChI is InChI=1S/C32H39N3O5S/c1-4-28(32(37)33-26-12-8-9-13-26)34(22-25-20-18-24(2)19-21-25)31(36)23-35(29-16-10-11-17-30(29)40-3)41(38,39)27-14-6-5-7-15-27/h5-7,10-11,14-21,26,28H,4,8-9,12-13,22-23H2,1-3H3,(H,33,37). The van der Waals surface area contributed by atoms with E-state index in [1.807, 2.05) is 38.1 Å². The van der Waals surface area contributed by atoms with Crippen molar-refractivity contribution in [2.75, 3.05) is 18.0 Å². The van der Waals surface area contributed by atoms with Gasteiger partial charge in [-0.15, -0.1) is 0 Å². The molecule has 8 nitrogen and oxygen atoms in total. The first kappa shape index (κ1) is 30.1. The highest BCUT2D eigenvalue weighted by molar-refractivity contribution is 7.92. The number of nitrogens with one attached hydrogen (secondary N) is 1. The molecule has 218 valence electrons. The predicted molar refractivity (Wildman–Crippen MR) is 160 cm³/mol. The molecular formula is C32H39N3O5S. The lowest BCUT2D eigenvalue weighted by atomic mass is 10.1. The molecule has 0 radical (unpaired) electrons. The van der Waals surface area contributed by atoms with E-state index in [1.165, 1.54) is 24.1 Å². The molecule has 3 aromatic rings.